The lowest BCUT2D eigenvalue weighted by molar-refractivity contribution is 0.225. The first kappa shape index (κ1) is 13.2. The SMILES string of the molecule is CCC(CNC)N(C)Cc1csc(Br)c1. The molecule has 0 radical (unpaired) electrons. The molecule has 15 heavy (non-hydrogen) atoms. The number of rotatable bonds is 6. The van der Waals surface area contributed by atoms with E-state index in [0.717, 1.165) is 13.1 Å². The van der Waals surface area contributed by atoms with Crippen LogP contribution in [0.15, 0.2) is 15.2 Å². The third-order valence-corrected chi connectivity index (χ3v) is 4.14. The molecule has 1 N–H and O–H groups in total. The molecule has 1 heterocycles. The molecular formula is C11H19BrN2S. The van der Waals surface area contributed by atoms with Crippen molar-refractivity contribution in [3.05, 3.63) is 20.8 Å². The van der Waals surface area contributed by atoms with Crippen LogP contribution < -0.4 is 5.32 Å². The van der Waals surface area contributed by atoms with Crippen molar-refractivity contribution < 1.29 is 0 Å². The van der Waals surface area contributed by atoms with Gasteiger partial charge in [-0.15, -0.1) is 11.3 Å². The third kappa shape index (κ3) is 4.23. The van der Waals surface area contributed by atoms with Gasteiger partial charge in [0.1, 0.15) is 0 Å². The summed E-state index contributed by atoms with van der Waals surface area (Å²) in [7, 11) is 4.20. The maximum atomic E-state index is 3.49. The molecule has 0 saturated heterocycles. The average molecular weight is 291 g/mol. The van der Waals surface area contributed by atoms with Gasteiger partial charge in [-0.3, -0.25) is 4.90 Å². The second-order valence-electron chi connectivity index (χ2n) is 3.79. The van der Waals surface area contributed by atoms with Crippen LogP contribution in [0.3, 0.4) is 0 Å². The zero-order valence-corrected chi connectivity index (χ0v) is 12.0. The number of nitrogens with one attached hydrogen (secondary N) is 1. The van der Waals surface area contributed by atoms with Crippen LogP contribution in [0.1, 0.15) is 18.9 Å². The Bertz CT molecular complexity index is 288. The monoisotopic (exact) mass is 290 g/mol. The summed E-state index contributed by atoms with van der Waals surface area (Å²) >= 11 is 5.25. The molecule has 0 amide bonds. The maximum absolute atomic E-state index is 3.49. The molecule has 1 aromatic rings. The van der Waals surface area contributed by atoms with Crippen molar-refractivity contribution >= 4 is 27.3 Å². The Morgan fingerprint density at radius 2 is 2.33 bits per heavy atom. The van der Waals surface area contributed by atoms with Crippen LogP contribution in [0.2, 0.25) is 0 Å². The predicted octanol–water partition coefficient (Wildman–Crippen LogP) is 2.94. The number of likely N-dealkylation sites (N-methyl/N-ethyl adjacent to an activating group) is 2. The molecule has 4 heteroatoms. The van der Waals surface area contributed by atoms with Gasteiger partial charge in [-0.2, -0.15) is 0 Å². The average Bonchev–Trinajstić information content (AvgIpc) is 2.60. The van der Waals surface area contributed by atoms with E-state index in [1.807, 2.05) is 7.05 Å². The van der Waals surface area contributed by atoms with Crippen LogP contribution in [-0.4, -0.2) is 31.6 Å². The molecule has 0 aliphatic heterocycles. The lowest BCUT2D eigenvalue weighted by Gasteiger charge is -2.26. The first-order valence-corrected chi connectivity index (χ1v) is 6.92. The molecular weight excluding hydrogens is 272 g/mol. The van der Waals surface area contributed by atoms with Gasteiger partial charge in [0.2, 0.25) is 0 Å². The second-order valence-corrected chi connectivity index (χ2v) is 6.08. The van der Waals surface area contributed by atoms with Crippen LogP contribution in [0.4, 0.5) is 0 Å². The van der Waals surface area contributed by atoms with E-state index < -0.39 is 0 Å². The van der Waals surface area contributed by atoms with E-state index in [1.54, 1.807) is 11.3 Å². The molecule has 86 valence electrons. The fraction of sp³-hybridized carbons (Fsp3) is 0.636. The van der Waals surface area contributed by atoms with E-state index in [-0.39, 0.29) is 0 Å². The fourth-order valence-electron chi connectivity index (χ4n) is 1.69. The number of hydrogen-bond donors (Lipinski definition) is 1. The van der Waals surface area contributed by atoms with Gasteiger partial charge in [-0.05, 0) is 53.5 Å². The van der Waals surface area contributed by atoms with Crippen LogP contribution in [0.25, 0.3) is 0 Å². The first-order chi connectivity index (χ1) is 7.17. The van der Waals surface area contributed by atoms with Gasteiger partial charge in [0.15, 0.2) is 0 Å². The zero-order chi connectivity index (χ0) is 11.3. The van der Waals surface area contributed by atoms with E-state index in [1.165, 1.54) is 15.8 Å². The standard InChI is InChI=1S/C11H19BrN2S/c1-4-10(6-13-2)14(3)7-9-5-11(12)15-8-9/h5,8,10,13H,4,6-7H2,1-3H3. The minimum Gasteiger partial charge on any atom is -0.318 e. The third-order valence-electron chi connectivity index (χ3n) is 2.59. The molecule has 2 nitrogen and oxygen atoms in total. The number of hydrogen-bond acceptors (Lipinski definition) is 3. The van der Waals surface area contributed by atoms with Crippen molar-refractivity contribution in [1.82, 2.24) is 10.2 Å². The van der Waals surface area contributed by atoms with Crippen molar-refractivity contribution in [2.24, 2.45) is 0 Å². The minimum atomic E-state index is 0.619. The summed E-state index contributed by atoms with van der Waals surface area (Å²) in [5, 5.41) is 5.46. The summed E-state index contributed by atoms with van der Waals surface area (Å²) in [4.78, 5) is 2.41. The van der Waals surface area contributed by atoms with Crippen molar-refractivity contribution in [1.29, 1.82) is 0 Å². The molecule has 0 aliphatic rings. The van der Waals surface area contributed by atoms with Gasteiger partial charge in [0, 0.05) is 19.1 Å². The number of nitrogens with zero attached hydrogens (tertiary/aromatic N) is 1. The van der Waals surface area contributed by atoms with E-state index in [0.29, 0.717) is 6.04 Å². The van der Waals surface area contributed by atoms with Gasteiger partial charge in [-0.25, -0.2) is 0 Å². The fourth-order valence-corrected chi connectivity index (χ4v) is 2.89. The molecule has 1 unspecified atom stereocenters. The minimum absolute atomic E-state index is 0.619. The lowest BCUT2D eigenvalue weighted by atomic mass is 10.2. The van der Waals surface area contributed by atoms with E-state index in [4.69, 9.17) is 0 Å². The summed E-state index contributed by atoms with van der Waals surface area (Å²) in [6, 6.07) is 2.82. The molecule has 0 saturated carbocycles. The number of halogens is 1. The van der Waals surface area contributed by atoms with E-state index in [2.05, 4.69) is 51.6 Å². The molecule has 0 spiro atoms. The molecule has 0 fully saturated rings. The van der Waals surface area contributed by atoms with Gasteiger partial charge in [0.05, 0.1) is 3.79 Å². The maximum Gasteiger partial charge on any atom is 0.0701 e. The molecule has 1 atom stereocenters. The highest BCUT2D eigenvalue weighted by molar-refractivity contribution is 9.11. The quantitative estimate of drug-likeness (QED) is 0.867. The second kappa shape index (κ2) is 6.63. The molecule has 1 rings (SSSR count). The van der Waals surface area contributed by atoms with E-state index >= 15 is 0 Å². The van der Waals surface area contributed by atoms with Crippen molar-refractivity contribution in [3.63, 3.8) is 0 Å². The molecule has 0 bridgehead atoms. The molecule has 0 aromatic carbocycles. The zero-order valence-electron chi connectivity index (χ0n) is 9.59. The Hall–Kier alpha value is 0.100. The summed E-state index contributed by atoms with van der Waals surface area (Å²) in [5.74, 6) is 0. The number of thiophene rings is 1. The summed E-state index contributed by atoms with van der Waals surface area (Å²) in [6.45, 7) is 4.32. The summed E-state index contributed by atoms with van der Waals surface area (Å²) in [6.07, 6.45) is 1.18. The molecule has 0 aliphatic carbocycles. The molecule has 1 aromatic heterocycles. The van der Waals surface area contributed by atoms with Crippen LogP contribution in [0.5, 0.6) is 0 Å². The van der Waals surface area contributed by atoms with Gasteiger partial charge in [-0.1, -0.05) is 6.92 Å². The largest absolute Gasteiger partial charge is 0.318 e. The van der Waals surface area contributed by atoms with Crippen LogP contribution in [-0.2, 0) is 6.54 Å². The normalized spacial score (nSPS) is 13.4. The Kier molecular flexibility index (Phi) is 5.82. The van der Waals surface area contributed by atoms with Gasteiger partial charge < -0.3 is 5.32 Å². The van der Waals surface area contributed by atoms with Gasteiger partial charge >= 0.3 is 0 Å². The van der Waals surface area contributed by atoms with Crippen molar-refractivity contribution in [2.45, 2.75) is 25.9 Å². The Labute approximate surface area is 105 Å². The van der Waals surface area contributed by atoms with Crippen molar-refractivity contribution in [3.8, 4) is 0 Å². The Morgan fingerprint density at radius 1 is 1.60 bits per heavy atom. The van der Waals surface area contributed by atoms with Gasteiger partial charge in [0.25, 0.3) is 0 Å². The van der Waals surface area contributed by atoms with Crippen molar-refractivity contribution in [2.75, 3.05) is 20.6 Å². The topological polar surface area (TPSA) is 15.3 Å². The Balaban J connectivity index is 2.49. The van der Waals surface area contributed by atoms with Crippen LogP contribution in [0, 0.1) is 0 Å². The van der Waals surface area contributed by atoms with E-state index in [9.17, 15) is 0 Å². The smallest absolute Gasteiger partial charge is 0.0701 e. The first-order valence-electron chi connectivity index (χ1n) is 5.25. The highest BCUT2D eigenvalue weighted by Crippen LogP contribution is 2.22. The van der Waals surface area contributed by atoms with Crippen LogP contribution >= 0.6 is 27.3 Å². The highest BCUT2D eigenvalue weighted by atomic mass is 79.9. The highest BCUT2D eigenvalue weighted by Gasteiger charge is 2.12. The lowest BCUT2D eigenvalue weighted by Crippen LogP contribution is -2.38. The summed E-state index contributed by atoms with van der Waals surface area (Å²) < 4.78 is 1.22. The Morgan fingerprint density at radius 3 is 2.80 bits per heavy atom. The predicted molar refractivity (Wildman–Crippen MR) is 71.5 cm³/mol. The summed E-state index contributed by atoms with van der Waals surface area (Å²) in [5.41, 5.74) is 1.39.